The molecule has 0 unspecified atom stereocenters. The van der Waals surface area contributed by atoms with Crippen LogP contribution in [0.5, 0.6) is 0 Å². The molecule has 0 atom stereocenters. The Hall–Kier alpha value is -1.46. The van der Waals surface area contributed by atoms with Crippen molar-refractivity contribution < 1.29 is 4.39 Å². The first-order chi connectivity index (χ1) is 8.61. The van der Waals surface area contributed by atoms with E-state index < -0.39 is 0 Å². The lowest BCUT2D eigenvalue weighted by molar-refractivity contribution is 0.619. The van der Waals surface area contributed by atoms with E-state index in [4.69, 9.17) is 5.73 Å². The van der Waals surface area contributed by atoms with Crippen molar-refractivity contribution >= 4 is 17.0 Å². The molecule has 0 saturated heterocycles. The summed E-state index contributed by atoms with van der Waals surface area (Å²) < 4.78 is 13.9. The summed E-state index contributed by atoms with van der Waals surface area (Å²) in [7, 11) is 1.85. The van der Waals surface area contributed by atoms with E-state index >= 15 is 0 Å². The van der Waals surface area contributed by atoms with Gasteiger partial charge in [-0.1, -0.05) is 12.1 Å². The second-order valence-corrected chi connectivity index (χ2v) is 5.23. The van der Waals surface area contributed by atoms with E-state index in [1.807, 2.05) is 30.3 Å². The van der Waals surface area contributed by atoms with Crippen molar-refractivity contribution in [3.05, 3.63) is 45.7 Å². The summed E-state index contributed by atoms with van der Waals surface area (Å²) in [5.74, 6) is -0.243. The molecule has 2 N–H and O–H groups in total. The van der Waals surface area contributed by atoms with Gasteiger partial charge in [-0.2, -0.15) is 0 Å². The molecule has 0 saturated carbocycles. The Kier molecular flexibility index (Phi) is 3.93. The Labute approximate surface area is 110 Å². The highest BCUT2D eigenvalue weighted by molar-refractivity contribution is 7.09. The van der Waals surface area contributed by atoms with Crippen LogP contribution in [-0.4, -0.2) is 12.0 Å². The number of benzene rings is 1. The number of para-hydroxylation sites is 1. The molecular weight excluding hydrogens is 249 g/mol. The molecule has 18 heavy (non-hydrogen) atoms. The molecule has 0 bridgehead atoms. The van der Waals surface area contributed by atoms with Crippen LogP contribution < -0.4 is 10.6 Å². The van der Waals surface area contributed by atoms with Crippen molar-refractivity contribution in [3.63, 3.8) is 0 Å². The number of hydrogen-bond acceptors (Lipinski definition) is 4. The fourth-order valence-corrected chi connectivity index (χ4v) is 2.56. The number of hydrogen-bond donors (Lipinski definition) is 1. The van der Waals surface area contributed by atoms with Crippen LogP contribution >= 0.6 is 11.3 Å². The van der Waals surface area contributed by atoms with Crippen LogP contribution in [0.15, 0.2) is 23.6 Å². The van der Waals surface area contributed by atoms with Gasteiger partial charge in [0.25, 0.3) is 0 Å². The second-order valence-electron chi connectivity index (χ2n) is 4.17. The van der Waals surface area contributed by atoms with Crippen LogP contribution in [0.2, 0.25) is 0 Å². The van der Waals surface area contributed by atoms with Gasteiger partial charge in [0, 0.05) is 19.0 Å². The van der Waals surface area contributed by atoms with Gasteiger partial charge in [-0.3, -0.25) is 0 Å². The standard InChI is InChI=1S/C13H16FN3S/c1-9-16-11(8-18-9)7-17(2)13-10(6-15)4-3-5-12(13)14/h3-5,8H,6-7,15H2,1-2H3. The van der Waals surface area contributed by atoms with Crippen LogP contribution in [0.1, 0.15) is 16.3 Å². The number of rotatable bonds is 4. The quantitative estimate of drug-likeness (QED) is 0.924. The third-order valence-corrected chi connectivity index (χ3v) is 3.56. The van der Waals surface area contributed by atoms with Crippen LogP contribution in [0.3, 0.4) is 0 Å². The van der Waals surface area contributed by atoms with Crippen molar-refractivity contribution in [2.24, 2.45) is 5.73 Å². The minimum atomic E-state index is -0.243. The van der Waals surface area contributed by atoms with Gasteiger partial charge in [0.2, 0.25) is 0 Å². The first-order valence-corrected chi connectivity index (χ1v) is 6.59. The molecule has 96 valence electrons. The summed E-state index contributed by atoms with van der Waals surface area (Å²) in [6.45, 7) is 2.87. The summed E-state index contributed by atoms with van der Waals surface area (Å²) in [5.41, 5.74) is 7.97. The van der Waals surface area contributed by atoms with E-state index in [0.717, 1.165) is 16.3 Å². The fourth-order valence-electron chi connectivity index (χ4n) is 1.96. The average molecular weight is 265 g/mol. The van der Waals surface area contributed by atoms with E-state index in [2.05, 4.69) is 4.98 Å². The Balaban J connectivity index is 2.25. The number of anilines is 1. The van der Waals surface area contributed by atoms with Crippen molar-refractivity contribution in [2.75, 3.05) is 11.9 Å². The molecular formula is C13H16FN3S. The SMILES string of the molecule is Cc1nc(CN(C)c2c(F)cccc2CN)cs1. The normalized spacial score (nSPS) is 10.7. The lowest BCUT2D eigenvalue weighted by Gasteiger charge is -2.21. The second kappa shape index (κ2) is 5.46. The molecule has 2 rings (SSSR count). The molecule has 2 aromatic rings. The third-order valence-electron chi connectivity index (χ3n) is 2.74. The highest BCUT2D eigenvalue weighted by Crippen LogP contribution is 2.24. The zero-order valence-corrected chi connectivity index (χ0v) is 11.3. The Morgan fingerprint density at radius 3 is 2.83 bits per heavy atom. The van der Waals surface area contributed by atoms with Crippen LogP contribution in [0.4, 0.5) is 10.1 Å². The zero-order valence-electron chi connectivity index (χ0n) is 10.5. The number of nitrogens with zero attached hydrogens (tertiary/aromatic N) is 2. The highest BCUT2D eigenvalue weighted by atomic mass is 32.1. The summed E-state index contributed by atoms with van der Waals surface area (Å²) in [6, 6.07) is 4.99. The maximum atomic E-state index is 13.9. The van der Waals surface area contributed by atoms with Gasteiger partial charge < -0.3 is 10.6 Å². The van der Waals surface area contributed by atoms with Crippen LogP contribution in [0, 0.1) is 12.7 Å². The molecule has 0 aliphatic rings. The summed E-state index contributed by atoms with van der Waals surface area (Å²) in [5, 5.41) is 3.01. The number of aromatic nitrogens is 1. The Morgan fingerprint density at radius 1 is 1.44 bits per heavy atom. The van der Waals surface area contributed by atoms with Crippen molar-refractivity contribution in [1.82, 2.24) is 4.98 Å². The van der Waals surface area contributed by atoms with Crippen molar-refractivity contribution in [2.45, 2.75) is 20.0 Å². The monoisotopic (exact) mass is 265 g/mol. The zero-order chi connectivity index (χ0) is 13.1. The van der Waals surface area contributed by atoms with Gasteiger partial charge in [0.05, 0.1) is 22.9 Å². The van der Waals surface area contributed by atoms with E-state index in [1.165, 1.54) is 6.07 Å². The molecule has 3 nitrogen and oxygen atoms in total. The third kappa shape index (κ3) is 2.68. The smallest absolute Gasteiger partial charge is 0.146 e. The average Bonchev–Trinajstić information content (AvgIpc) is 2.74. The molecule has 0 aliphatic carbocycles. The van der Waals surface area contributed by atoms with E-state index in [1.54, 1.807) is 17.4 Å². The van der Waals surface area contributed by atoms with Gasteiger partial charge in [-0.15, -0.1) is 11.3 Å². The fraction of sp³-hybridized carbons (Fsp3) is 0.308. The molecule has 1 aromatic carbocycles. The predicted octanol–water partition coefficient (Wildman–Crippen LogP) is 2.69. The lowest BCUT2D eigenvalue weighted by Crippen LogP contribution is -2.20. The summed E-state index contributed by atoms with van der Waals surface area (Å²) >= 11 is 1.60. The number of halogens is 1. The largest absolute Gasteiger partial charge is 0.366 e. The molecule has 0 aliphatic heterocycles. The number of nitrogens with two attached hydrogens (primary N) is 1. The minimum absolute atomic E-state index is 0.243. The molecule has 0 spiro atoms. The Morgan fingerprint density at radius 2 is 2.22 bits per heavy atom. The lowest BCUT2D eigenvalue weighted by atomic mass is 10.1. The topological polar surface area (TPSA) is 42.2 Å². The van der Waals surface area contributed by atoms with E-state index in [0.29, 0.717) is 18.8 Å². The van der Waals surface area contributed by atoms with Crippen LogP contribution in [-0.2, 0) is 13.1 Å². The molecule has 0 amide bonds. The Bertz CT molecular complexity index is 539. The summed E-state index contributed by atoms with van der Waals surface area (Å²) in [4.78, 5) is 6.24. The van der Waals surface area contributed by atoms with E-state index in [9.17, 15) is 4.39 Å². The van der Waals surface area contributed by atoms with Crippen LogP contribution in [0.25, 0.3) is 0 Å². The molecule has 5 heteroatoms. The molecule has 0 fully saturated rings. The van der Waals surface area contributed by atoms with Gasteiger partial charge in [-0.25, -0.2) is 9.37 Å². The molecule has 0 radical (unpaired) electrons. The van der Waals surface area contributed by atoms with Gasteiger partial charge >= 0.3 is 0 Å². The maximum absolute atomic E-state index is 13.9. The number of thiazole rings is 1. The first-order valence-electron chi connectivity index (χ1n) is 5.71. The maximum Gasteiger partial charge on any atom is 0.146 e. The number of aryl methyl sites for hydroxylation is 1. The van der Waals surface area contributed by atoms with Crippen molar-refractivity contribution in [1.29, 1.82) is 0 Å². The minimum Gasteiger partial charge on any atom is -0.366 e. The van der Waals surface area contributed by atoms with Gasteiger partial charge in [0.15, 0.2) is 0 Å². The van der Waals surface area contributed by atoms with Gasteiger partial charge in [-0.05, 0) is 18.6 Å². The van der Waals surface area contributed by atoms with E-state index in [-0.39, 0.29) is 5.82 Å². The molecule has 1 aromatic heterocycles. The van der Waals surface area contributed by atoms with Crippen molar-refractivity contribution in [3.8, 4) is 0 Å². The predicted molar refractivity (Wildman–Crippen MR) is 73.2 cm³/mol. The molecule has 1 heterocycles. The highest BCUT2D eigenvalue weighted by Gasteiger charge is 2.13. The van der Waals surface area contributed by atoms with Gasteiger partial charge in [0.1, 0.15) is 5.82 Å². The summed E-state index contributed by atoms with van der Waals surface area (Å²) in [6.07, 6.45) is 0. The first kappa shape index (κ1) is 13.0.